The van der Waals surface area contributed by atoms with Gasteiger partial charge in [0.05, 0.1) is 10.8 Å². The Morgan fingerprint density at radius 1 is 0.868 bits per heavy atom. The number of carboxylic acids is 1. The number of nitrogens with zero attached hydrogens (tertiary/aromatic N) is 2. The fourth-order valence-electron chi connectivity index (χ4n) is 4.27. The lowest BCUT2D eigenvalue weighted by atomic mass is 9.98. The number of unbranched alkanes of at least 4 members (excludes halogenated alkanes) is 1. The van der Waals surface area contributed by atoms with E-state index in [1.54, 1.807) is 35.0 Å². The Morgan fingerprint density at radius 2 is 1.53 bits per heavy atom. The van der Waals surface area contributed by atoms with Gasteiger partial charge in [0.25, 0.3) is 0 Å². The Morgan fingerprint density at radius 3 is 2.18 bits per heavy atom. The predicted octanol–water partition coefficient (Wildman–Crippen LogP) is 5.57. The Balaban J connectivity index is 1.66. The fraction of sp³-hybridized carbons (Fsp3) is 0.323. The normalized spacial score (nSPS) is 11.6. The van der Waals surface area contributed by atoms with Crippen LogP contribution in [0.5, 0.6) is 0 Å². The van der Waals surface area contributed by atoms with Crippen LogP contribution in [0.4, 0.5) is 0 Å². The first kappa shape index (κ1) is 29.0. The van der Waals surface area contributed by atoms with Crippen LogP contribution in [0.3, 0.4) is 0 Å². The highest BCUT2D eigenvalue weighted by Crippen LogP contribution is 2.24. The molecule has 0 aliphatic carbocycles. The molecule has 0 spiro atoms. The standard InChI is InChI=1S/C31H36N2O4S/c1-3-4-14-29(34)33(20-19-32(2)30(35)28(38)21-23-10-6-5-7-11-23)22-24-15-17-25(18-16-24)26-12-8-9-13-27(26)31(36)37/h5-13,15-18,28,38H,3-4,14,19-22H2,1-2H3,(H,36,37). The molecule has 38 heavy (non-hydrogen) atoms. The van der Waals surface area contributed by atoms with Gasteiger partial charge in [-0.25, -0.2) is 4.79 Å². The largest absolute Gasteiger partial charge is 0.478 e. The second-order valence-electron chi connectivity index (χ2n) is 9.43. The van der Waals surface area contributed by atoms with Crippen molar-refractivity contribution >= 4 is 30.4 Å². The number of amides is 2. The predicted molar refractivity (Wildman–Crippen MR) is 154 cm³/mol. The summed E-state index contributed by atoms with van der Waals surface area (Å²) < 4.78 is 0. The van der Waals surface area contributed by atoms with Gasteiger partial charge in [0.2, 0.25) is 11.8 Å². The van der Waals surface area contributed by atoms with E-state index in [1.165, 1.54) is 0 Å². The van der Waals surface area contributed by atoms with Crippen LogP contribution in [0.15, 0.2) is 78.9 Å². The van der Waals surface area contributed by atoms with Gasteiger partial charge in [-0.3, -0.25) is 9.59 Å². The summed E-state index contributed by atoms with van der Waals surface area (Å²) in [6.07, 6.45) is 2.74. The van der Waals surface area contributed by atoms with E-state index in [4.69, 9.17) is 0 Å². The van der Waals surface area contributed by atoms with Gasteiger partial charge < -0.3 is 14.9 Å². The van der Waals surface area contributed by atoms with Crippen molar-refractivity contribution in [2.75, 3.05) is 20.1 Å². The molecule has 0 bridgehead atoms. The molecule has 1 unspecified atom stereocenters. The maximum atomic E-state index is 13.0. The van der Waals surface area contributed by atoms with Gasteiger partial charge in [-0.2, -0.15) is 12.6 Å². The van der Waals surface area contributed by atoms with Crippen LogP contribution in [0.25, 0.3) is 11.1 Å². The van der Waals surface area contributed by atoms with Crippen LogP contribution in [0, 0.1) is 0 Å². The van der Waals surface area contributed by atoms with Gasteiger partial charge in [0.1, 0.15) is 0 Å². The van der Waals surface area contributed by atoms with Crippen LogP contribution in [0.2, 0.25) is 0 Å². The molecule has 0 aliphatic rings. The van der Waals surface area contributed by atoms with Crippen LogP contribution < -0.4 is 0 Å². The van der Waals surface area contributed by atoms with Crippen molar-refractivity contribution in [2.45, 2.75) is 44.4 Å². The zero-order valence-corrected chi connectivity index (χ0v) is 22.9. The molecule has 0 saturated heterocycles. The van der Waals surface area contributed by atoms with Gasteiger partial charge in [-0.05, 0) is 41.2 Å². The van der Waals surface area contributed by atoms with Gasteiger partial charge >= 0.3 is 5.97 Å². The van der Waals surface area contributed by atoms with Crippen molar-refractivity contribution in [3.05, 3.63) is 95.6 Å². The Hall–Kier alpha value is -3.58. The molecule has 0 heterocycles. The highest BCUT2D eigenvalue weighted by molar-refractivity contribution is 7.81. The van der Waals surface area contributed by atoms with Gasteiger partial charge in [-0.1, -0.05) is 86.1 Å². The van der Waals surface area contributed by atoms with E-state index in [2.05, 4.69) is 19.6 Å². The quantitative estimate of drug-likeness (QED) is 0.282. The second kappa shape index (κ2) is 14.4. The van der Waals surface area contributed by atoms with Crippen LogP contribution in [-0.4, -0.2) is 58.1 Å². The molecule has 0 aromatic heterocycles. The topological polar surface area (TPSA) is 77.9 Å². The molecule has 7 heteroatoms. The molecule has 2 amide bonds. The lowest BCUT2D eigenvalue weighted by Crippen LogP contribution is -2.41. The third-order valence-corrected chi connectivity index (χ3v) is 6.93. The molecule has 1 atom stereocenters. The van der Waals surface area contributed by atoms with E-state index < -0.39 is 11.2 Å². The van der Waals surface area contributed by atoms with Crippen LogP contribution >= 0.6 is 12.6 Å². The Bertz CT molecular complexity index is 1210. The molecule has 0 radical (unpaired) electrons. The number of hydrogen-bond acceptors (Lipinski definition) is 4. The molecule has 6 nitrogen and oxygen atoms in total. The summed E-state index contributed by atoms with van der Waals surface area (Å²) in [7, 11) is 1.75. The molecule has 200 valence electrons. The molecule has 3 aromatic carbocycles. The van der Waals surface area contributed by atoms with Gasteiger partial charge in [0, 0.05) is 33.1 Å². The highest BCUT2D eigenvalue weighted by atomic mass is 32.1. The average molecular weight is 533 g/mol. The van der Waals surface area contributed by atoms with Crippen LogP contribution in [0.1, 0.15) is 47.7 Å². The van der Waals surface area contributed by atoms with E-state index >= 15 is 0 Å². The van der Waals surface area contributed by atoms with Crippen molar-refractivity contribution in [3.8, 4) is 11.1 Å². The molecule has 3 rings (SSSR count). The SMILES string of the molecule is CCCCC(=O)N(CCN(C)C(=O)C(S)Cc1ccccc1)Cc1ccc(-c2ccccc2C(=O)O)cc1. The highest BCUT2D eigenvalue weighted by Gasteiger charge is 2.21. The third kappa shape index (κ3) is 8.21. The molecule has 0 saturated carbocycles. The summed E-state index contributed by atoms with van der Waals surface area (Å²) in [4.78, 5) is 41.0. The minimum atomic E-state index is -0.969. The minimum absolute atomic E-state index is 0.0553. The van der Waals surface area contributed by atoms with Crippen molar-refractivity contribution in [1.82, 2.24) is 9.80 Å². The summed E-state index contributed by atoms with van der Waals surface area (Å²) in [5, 5.41) is 9.06. The summed E-state index contributed by atoms with van der Waals surface area (Å²) in [6.45, 7) is 3.30. The van der Waals surface area contributed by atoms with E-state index in [9.17, 15) is 19.5 Å². The lowest BCUT2D eigenvalue weighted by Gasteiger charge is -2.27. The summed E-state index contributed by atoms with van der Waals surface area (Å²) >= 11 is 4.54. The number of carboxylic acid groups (broad SMARTS) is 1. The molecule has 3 aromatic rings. The Labute approximate surface area is 230 Å². The Kier molecular flexibility index (Phi) is 11.0. The second-order valence-corrected chi connectivity index (χ2v) is 10.1. The molecule has 0 fully saturated rings. The van der Waals surface area contributed by atoms with E-state index in [0.29, 0.717) is 38.0 Å². The van der Waals surface area contributed by atoms with Gasteiger partial charge in [0.15, 0.2) is 0 Å². The first-order chi connectivity index (χ1) is 18.3. The summed E-state index contributed by atoms with van der Waals surface area (Å²) in [6, 6.07) is 24.3. The summed E-state index contributed by atoms with van der Waals surface area (Å²) in [5.74, 6) is -0.984. The van der Waals surface area contributed by atoms with E-state index in [-0.39, 0.29) is 17.4 Å². The fourth-order valence-corrected chi connectivity index (χ4v) is 4.68. The monoisotopic (exact) mass is 532 g/mol. The van der Waals surface area contributed by atoms with Crippen molar-refractivity contribution in [1.29, 1.82) is 0 Å². The van der Waals surface area contributed by atoms with E-state index in [1.807, 2.05) is 60.7 Å². The van der Waals surface area contributed by atoms with Crippen LogP contribution in [-0.2, 0) is 22.6 Å². The first-order valence-electron chi connectivity index (χ1n) is 13.0. The number of carbonyl (C=O) groups is 3. The molecule has 0 aliphatic heterocycles. The smallest absolute Gasteiger partial charge is 0.336 e. The van der Waals surface area contributed by atoms with Crippen molar-refractivity contribution in [3.63, 3.8) is 0 Å². The first-order valence-corrected chi connectivity index (χ1v) is 13.5. The zero-order valence-electron chi connectivity index (χ0n) is 22.0. The minimum Gasteiger partial charge on any atom is -0.478 e. The number of aromatic carboxylic acids is 1. The maximum Gasteiger partial charge on any atom is 0.336 e. The molecular formula is C31H36N2O4S. The zero-order chi connectivity index (χ0) is 27.5. The lowest BCUT2D eigenvalue weighted by molar-refractivity contribution is -0.134. The molecule has 1 N–H and O–H groups in total. The van der Waals surface area contributed by atoms with Crippen molar-refractivity contribution in [2.24, 2.45) is 0 Å². The number of carbonyl (C=O) groups excluding carboxylic acids is 2. The summed E-state index contributed by atoms with van der Waals surface area (Å²) in [5.41, 5.74) is 3.70. The number of hydrogen-bond donors (Lipinski definition) is 2. The number of likely N-dealkylation sites (N-methyl/N-ethyl adjacent to an activating group) is 1. The van der Waals surface area contributed by atoms with E-state index in [0.717, 1.165) is 29.5 Å². The molecular weight excluding hydrogens is 496 g/mol. The maximum absolute atomic E-state index is 13.0. The number of rotatable bonds is 13. The average Bonchev–Trinajstić information content (AvgIpc) is 2.94. The van der Waals surface area contributed by atoms with Gasteiger partial charge in [-0.15, -0.1) is 0 Å². The third-order valence-electron chi connectivity index (χ3n) is 6.53. The van der Waals surface area contributed by atoms with Crippen molar-refractivity contribution < 1.29 is 19.5 Å². The number of thiol groups is 1. The number of benzene rings is 3.